The van der Waals surface area contributed by atoms with Crippen LogP contribution in [-0.2, 0) is 13.1 Å². The fourth-order valence-corrected chi connectivity index (χ4v) is 2.98. The van der Waals surface area contributed by atoms with Crippen LogP contribution in [0.25, 0.3) is 0 Å². The van der Waals surface area contributed by atoms with E-state index in [1.54, 1.807) is 11.3 Å². The molecule has 3 heteroatoms. The Labute approximate surface area is 126 Å². The van der Waals surface area contributed by atoms with Crippen LogP contribution in [0.3, 0.4) is 0 Å². The van der Waals surface area contributed by atoms with Gasteiger partial charge in [0.2, 0.25) is 0 Å². The minimum atomic E-state index is 0.524. The molecule has 0 atom stereocenters. The first-order valence-electron chi connectivity index (χ1n) is 7.11. The molecule has 2 rings (SSSR count). The first-order chi connectivity index (χ1) is 9.56. The summed E-state index contributed by atoms with van der Waals surface area (Å²) in [6, 6.07) is 9.46. The van der Waals surface area contributed by atoms with E-state index in [0.717, 1.165) is 13.1 Å². The zero-order valence-corrected chi connectivity index (χ0v) is 13.6. The largest absolute Gasteiger partial charge is 0.370 e. The average Bonchev–Trinajstić information content (AvgIpc) is 2.89. The first-order valence-corrected chi connectivity index (χ1v) is 8.05. The van der Waals surface area contributed by atoms with E-state index in [9.17, 15) is 0 Å². The molecule has 0 bridgehead atoms. The Kier molecular flexibility index (Phi) is 5.21. The highest BCUT2D eigenvalue weighted by Crippen LogP contribution is 2.22. The lowest BCUT2D eigenvalue weighted by Crippen LogP contribution is -2.22. The molecule has 1 aromatic carbocycles. The maximum absolute atomic E-state index is 3.46. The molecule has 0 saturated carbocycles. The number of rotatable bonds is 6. The molecular weight excluding hydrogens is 264 g/mol. The highest BCUT2D eigenvalue weighted by molar-refractivity contribution is 7.07. The van der Waals surface area contributed by atoms with Crippen molar-refractivity contribution in [3.05, 3.63) is 51.7 Å². The van der Waals surface area contributed by atoms with Crippen LogP contribution < -0.4 is 10.2 Å². The van der Waals surface area contributed by atoms with Gasteiger partial charge in [0.05, 0.1) is 0 Å². The summed E-state index contributed by atoms with van der Waals surface area (Å²) in [4.78, 5) is 2.32. The van der Waals surface area contributed by atoms with Crippen LogP contribution in [0, 0.1) is 6.92 Å². The van der Waals surface area contributed by atoms with Gasteiger partial charge >= 0.3 is 0 Å². The van der Waals surface area contributed by atoms with Crippen molar-refractivity contribution in [3.8, 4) is 0 Å². The highest BCUT2D eigenvalue weighted by Gasteiger charge is 2.07. The molecule has 108 valence electrons. The number of nitrogens with zero attached hydrogens (tertiary/aromatic N) is 1. The molecule has 1 N–H and O–H groups in total. The third-order valence-electron chi connectivity index (χ3n) is 3.39. The van der Waals surface area contributed by atoms with E-state index in [2.05, 4.69) is 73.1 Å². The molecule has 2 nitrogen and oxygen atoms in total. The average molecular weight is 288 g/mol. The van der Waals surface area contributed by atoms with E-state index in [1.807, 2.05) is 0 Å². The Morgan fingerprint density at radius 2 is 2.00 bits per heavy atom. The monoisotopic (exact) mass is 288 g/mol. The van der Waals surface area contributed by atoms with Gasteiger partial charge in [-0.2, -0.15) is 11.3 Å². The van der Waals surface area contributed by atoms with Crippen LogP contribution in [0.5, 0.6) is 0 Å². The molecule has 0 aliphatic carbocycles. The van der Waals surface area contributed by atoms with Gasteiger partial charge in [-0.1, -0.05) is 26.0 Å². The molecule has 0 unspecified atom stereocenters. The third-order valence-corrected chi connectivity index (χ3v) is 4.12. The lowest BCUT2D eigenvalue weighted by Gasteiger charge is -2.22. The summed E-state index contributed by atoms with van der Waals surface area (Å²) in [6.07, 6.45) is 0. The second kappa shape index (κ2) is 6.91. The molecule has 1 heterocycles. The van der Waals surface area contributed by atoms with Crippen molar-refractivity contribution >= 4 is 17.0 Å². The predicted octanol–water partition coefficient (Wildman–Crippen LogP) is 4.19. The quantitative estimate of drug-likeness (QED) is 0.857. The van der Waals surface area contributed by atoms with Crippen molar-refractivity contribution in [2.75, 3.05) is 11.9 Å². The molecule has 2 aromatic rings. The normalized spacial score (nSPS) is 11.1. The van der Waals surface area contributed by atoms with Crippen molar-refractivity contribution in [1.29, 1.82) is 0 Å². The summed E-state index contributed by atoms with van der Waals surface area (Å²) in [5.74, 6) is 0. The smallest absolute Gasteiger partial charge is 0.0434 e. The summed E-state index contributed by atoms with van der Waals surface area (Å²) in [5, 5.41) is 7.81. The Bertz CT molecular complexity index is 532. The number of hydrogen-bond donors (Lipinski definition) is 1. The Hall–Kier alpha value is -1.32. The van der Waals surface area contributed by atoms with Gasteiger partial charge in [0.15, 0.2) is 0 Å². The lowest BCUT2D eigenvalue weighted by molar-refractivity contribution is 0.588. The molecule has 1 aromatic heterocycles. The Balaban J connectivity index is 2.05. The number of nitrogens with one attached hydrogen (secondary N) is 1. The maximum Gasteiger partial charge on any atom is 0.0434 e. The van der Waals surface area contributed by atoms with E-state index >= 15 is 0 Å². The topological polar surface area (TPSA) is 15.3 Å². The van der Waals surface area contributed by atoms with Gasteiger partial charge in [0, 0.05) is 31.9 Å². The van der Waals surface area contributed by atoms with E-state index < -0.39 is 0 Å². The summed E-state index contributed by atoms with van der Waals surface area (Å²) in [7, 11) is 2.16. The highest BCUT2D eigenvalue weighted by atomic mass is 32.1. The standard InChI is InChI=1S/C17H24N2S/c1-13(2)18-10-15-5-6-17(14(3)9-15)19(4)11-16-7-8-20-12-16/h5-9,12-13,18H,10-11H2,1-4H3. The number of hydrogen-bond acceptors (Lipinski definition) is 3. The van der Waals surface area contributed by atoms with E-state index in [1.165, 1.54) is 22.4 Å². The van der Waals surface area contributed by atoms with Crippen molar-refractivity contribution < 1.29 is 0 Å². The summed E-state index contributed by atoms with van der Waals surface area (Å²) < 4.78 is 0. The van der Waals surface area contributed by atoms with Crippen LogP contribution in [0.2, 0.25) is 0 Å². The van der Waals surface area contributed by atoms with Crippen LogP contribution in [0.4, 0.5) is 5.69 Å². The molecule has 20 heavy (non-hydrogen) atoms. The molecule has 0 radical (unpaired) electrons. The number of aryl methyl sites for hydroxylation is 1. The van der Waals surface area contributed by atoms with E-state index in [-0.39, 0.29) is 0 Å². The van der Waals surface area contributed by atoms with E-state index in [4.69, 9.17) is 0 Å². The third kappa shape index (κ3) is 4.09. The number of anilines is 1. The fourth-order valence-electron chi connectivity index (χ4n) is 2.32. The van der Waals surface area contributed by atoms with Gasteiger partial charge in [-0.05, 0) is 46.5 Å². The molecule has 0 saturated heterocycles. The van der Waals surface area contributed by atoms with Gasteiger partial charge in [-0.25, -0.2) is 0 Å². The molecular formula is C17H24N2S. The second-order valence-electron chi connectivity index (χ2n) is 5.64. The SMILES string of the molecule is Cc1cc(CNC(C)C)ccc1N(C)Cc1ccsc1. The van der Waals surface area contributed by atoms with Crippen molar-refractivity contribution in [2.45, 2.75) is 39.9 Å². The minimum absolute atomic E-state index is 0.524. The van der Waals surface area contributed by atoms with Crippen LogP contribution in [0.15, 0.2) is 35.0 Å². The van der Waals surface area contributed by atoms with Crippen molar-refractivity contribution in [1.82, 2.24) is 5.32 Å². The van der Waals surface area contributed by atoms with Crippen LogP contribution in [0.1, 0.15) is 30.5 Å². The Morgan fingerprint density at radius 1 is 1.20 bits per heavy atom. The van der Waals surface area contributed by atoms with Gasteiger partial charge in [0.25, 0.3) is 0 Å². The van der Waals surface area contributed by atoms with Gasteiger partial charge in [-0.15, -0.1) is 0 Å². The second-order valence-corrected chi connectivity index (χ2v) is 6.42. The van der Waals surface area contributed by atoms with Crippen LogP contribution >= 0.6 is 11.3 Å². The summed E-state index contributed by atoms with van der Waals surface area (Å²) in [5.41, 5.74) is 5.38. The molecule has 0 amide bonds. The summed E-state index contributed by atoms with van der Waals surface area (Å²) >= 11 is 1.76. The molecule has 0 aliphatic heterocycles. The fraction of sp³-hybridized carbons (Fsp3) is 0.412. The molecule has 0 fully saturated rings. The van der Waals surface area contributed by atoms with Crippen molar-refractivity contribution in [3.63, 3.8) is 0 Å². The minimum Gasteiger partial charge on any atom is -0.370 e. The van der Waals surface area contributed by atoms with Gasteiger partial charge < -0.3 is 10.2 Å². The number of benzene rings is 1. The van der Waals surface area contributed by atoms with Gasteiger partial charge in [-0.3, -0.25) is 0 Å². The van der Waals surface area contributed by atoms with E-state index in [0.29, 0.717) is 6.04 Å². The first kappa shape index (κ1) is 15.1. The summed E-state index contributed by atoms with van der Waals surface area (Å²) in [6.45, 7) is 8.45. The Morgan fingerprint density at radius 3 is 2.60 bits per heavy atom. The van der Waals surface area contributed by atoms with Crippen molar-refractivity contribution in [2.24, 2.45) is 0 Å². The van der Waals surface area contributed by atoms with Crippen LogP contribution in [-0.4, -0.2) is 13.1 Å². The maximum atomic E-state index is 3.46. The predicted molar refractivity (Wildman–Crippen MR) is 89.6 cm³/mol. The molecule has 0 spiro atoms. The zero-order chi connectivity index (χ0) is 14.5. The molecule has 0 aliphatic rings. The zero-order valence-electron chi connectivity index (χ0n) is 12.8. The van der Waals surface area contributed by atoms with Gasteiger partial charge in [0.1, 0.15) is 0 Å². The lowest BCUT2D eigenvalue weighted by atomic mass is 10.1. The number of thiophene rings is 1.